The molecule has 0 bridgehead atoms. The quantitative estimate of drug-likeness (QED) is 0.176. The van der Waals surface area contributed by atoms with Crippen LogP contribution in [0.4, 0.5) is 4.79 Å². The van der Waals surface area contributed by atoms with Crippen LogP contribution in [0.15, 0.2) is 42.9 Å². The number of ether oxygens (including phenoxy) is 1. The standard InChI is InChI=1S/C32H47N9O5/c1-32(2,3)46-31(45)37-25(16-22-13-9-6-10-14-22)29(43)36-26(17-23-19-33-20-34-23)30(44)35-24(15-21-11-7-5-8-12-21)27(42)18-28-38-39-40-41(28)4/h6,9-10,13-14,19-21,24-27,42H,5,7-8,11-12,15-18H2,1-4H3,(H,33,34)(H,35,44)(H,36,43)(H,37,45)/t24-,25-,26-,27-/m0/s1. The number of amides is 3. The molecule has 1 aliphatic carbocycles. The summed E-state index contributed by atoms with van der Waals surface area (Å²) in [4.78, 5) is 47.6. The fraction of sp³-hybridized carbons (Fsp3) is 0.594. The first-order chi connectivity index (χ1) is 22.0. The van der Waals surface area contributed by atoms with Crippen LogP contribution in [0.5, 0.6) is 0 Å². The van der Waals surface area contributed by atoms with Gasteiger partial charge >= 0.3 is 6.09 Å². The number of aliphatic hydroxyl groups is 1. The minimum absolute atomic E-state index is 0.113. The summed E-state index contributed by atoms with van der Waals surface area (Å²) in [5, 5.41) is 31.5. The Morgan fingerprint density at radius 2 is 1.70 bits per heavy atom. The fourth-order valence-electron chi connectivity index (χ4n) is 5.73. The Kier molecular flexibility index (Phi) is 12.2. The van der Waals surface area contributed by atoms with Crippen LogP contribution in [-0.4, -0.2) is 83.0 Å². The second-order valence-corrected chi connectivity index (χ2v) is 13.1. The molecule has 0 spiro atoms. The molecule has 3 amide bonds. The maximum absolute atomic E-state index is 14.0. The molecular weight excluding hydrogens is 590 g/mol. The molecule has 14 heteroatoms. The van der Waals surface area contributed by atoms with E-state index in [1.54, 1.807) is 34.0 Å². The first-order valence-electron chi connectivity index (χ1n) is 16.0. The van der Waals surface area contributed by atoms with Crippen molar-refractivity contribution in [2.75, 3.05) is 0 Å². The topological polar surface area (TPSA) is 189 Å². The minimum Gasteiger partial charge on any atom is -0.444 e. The molecule has 0 aliphatic heterocycles. The summed E-state index contributed by atoms with van der Waals surface area (Å²) in [7, 11) is 1.70. The van der Waals surface area contributed by atoms with Gasteiger partial charge in [-0.2, -0.15) is 0 Å². The molecule has 1 saturated carbocycles. The summed E-state index contributed by atoms with van der Waals surface area (Å²) in [5.74, 6) is -0.173. The van der Waals surface area contributed by atoms with Gasteiger partial charge in [0.15, 0.2) is 5.82 Å². The number of rotatable bonds is 14. The van der Waals surface area contributed by atoms with Crippen LogP contribution in [0.25, 0.3) is 0 Å². The van der Waals surface area contributed by atoms with E-state index in [9.17, 15) is 19.5 Å². The third-order valence-corrected chi connectivity index (χ3v) is 8.11. The minimum atomic E-state index is -1.04. The van der Waals surface area contributed by atoms with Gasteiger partial charge in [-0.25, -0.2) is 14.5 Å². The van der Waals surface area contributed by atoms with Crippen molar-refractivity contribution < 1.29 is 24.2 Å². The van der Waals surface area contributed by atoms with E-state index in [1.165, 1.54) is 17.4 Å². The number of aromatic nitrogens is 6. The first kappa shape index (κ1) is 34.5. The van der Waals surface area contributed by atoms with Crippen molar-refractivity contribution in [1.82, 2.24) is 46.1 Å². The Bertz CT molecular complexity index is 1380. The molecule has 0 radical (unpaired) electrons. The number of hydrogen-bond acceptors (Lipinski definition) is 9. The lowest BCUT2D eigenvalue weighted by Gasteiger charge is -2.31. The van der Waals surface area contributed by atoms with Crippen molar-refractivity contribution in [1.29, 1.82) is 0 Å². The van der Waals surface area contributed by atoms with Crippen molar-refractivity contribution in [3.63, 3.8) is 0 Å². The number of aryl methyl sites for hydroxylation is 1. The largest absolute Gasteiger partial charge is 0.444 e. The highest BCUT2D eigenvalue weighted by atomic mass is 16.6. The number of nitrogens with one attached hydrogen (secondary N) is 4. The molecule has 4 rings (SSSR count). The Labute approximate surface area is 269 Å². The van der Waals surface area contributed by atoms with Crippen LogP contribution in [0.3, 0.4) is 0 Å². The van der Waals surface area contributed by atoms with E-state index in [1.807, 2.05) is 30.3 Å². The summed E-state index contributed by atoms with van der Waals surface area (Å²) in [5.41, 5.74) is 0.688. The summed E-state index contributed by atoms with van der Waals surface area (Å²) in [6, 6.07) is 6.61. The molecule has 0 unspecified atom stereocenters. The van der Waals surface area contributed by atoms with Gasteiger partial charge in [0.05, 0.1) is 18.5 Å². The summed E-state index contributed by atoms with van der Waals surface area (Å²) >= 11 is 0. The van der Waals surface area contributed by atoms with Gasteiger partial charge in [-0.1, -0.05) is 62.4 Å². The maximum atomic E-state index is 14.0. The lowest BCUT2D eigenvalue weighted by molar-refractivity contribution is -0.131. The summed E-state index contributed by atoms with van der Waals surface area (Å²) < 4.78 is 6.92. The Balaban J connectivity index is 1.54. The predicted molar refractivity (Wildman–Crippen MR) is 169 cm³/mol. The SMILES string of the molecule is Cn1nnnc1C[C@H](O)[C@H](CC1CCCCC1)NC(=O)[C@H](Cc1cnc[nH]1)NC(=O)[C@H](Cc1ccccc1)NC(=O)OC(C)(C)C. The van der Waals surface area contributed by atoms with Gasteiger partial charge in [0.25, 0.3) is 0 Å². The Hall–Kier alpha value is -4.33. The van der Waals surface area contributed by atoms with E-state index >= 15 is 0 Å². The third kappa shape index (κ3) is 10.9. The van der Waals surface area contributed by atoms with Crippen molar-refractivity contribution in [3.05, 3.63) is 59.9 Å². The number of nitrogens with zero attached hydrogens (tertiary/aromatic N) is 5. The van der Waals surface area contributed by atoms with Crippen LogP contribution in [0, 0.1) is 5.92 Å². The molecule has 1 aliphatic rings. The van der Waals surface area contributed by atoms with Crippen LogP contribution >= 0.6 is 0 Å². The van der Waals surface area contributed by atoms with E-state index < -0.39 is 47.7 Å². The molecular formula is C32H47N9O5. The van der Waals surface area contributed by atoms with Crippen molar-refractivity contribution in [3.8, 4) is 0 Å². The lowest BCUT2D eigenvalue weighted by atomic mass is 9.83. The van der Waals surface area contributed by atoms with Crippen molar-refractivity contribution >= 4 is 17.9 Å². The number of carbonyl (C=O) groups is 3. The summed E-state index contributed by atoms with van der Waals surface area (Å²) in [6.07, 6.45) is 7.86. The van der Waals surface area contributed by atoms with Crippen molar-refractivity contribution in [2.24, 2.45) is 13.0 Å². The molecule has 4 atom stereocenters. The number of H-pyrrole nitrogens is 1. The number of hydrogen-bond donors (Lipinski definition) is 5. The number of carbonyl (C=O) groups excluding carboxylic acids is 3. The fourth-order valence-corrected chi connectivity index (χ4v) is 5.73. The van der Waals surface area contributed by atoms with E-state index in [0.717, 1.165) is 31.2 Å². The van der Waals surface area contributed by atoms with Crippen LogP contribution < -0.4 is 16.0 Å². The second-order valence-electron chi connectivity index (χ2n) is 13.1. The number of imidazole rings is 1. The lowest BCUT2D eigenvalue weighted by Crippen LogP contribution is -2.58. The Morgan fingerprint density at radius 1 is 1.00 bits per heavy atom. The molecule has 3 aromatic rings. The molecule has 0 saturated heterocycles. The number of aromatic amines is 1. The van der Waals surface area contributed by atoms with Crippen LogP contribution in [-0.2, 0) is 40.6 Å². The molecule has 46 heavy (non-hydrogen) atoms. The zero-order valence-electron chi connectivity index (χ0n) is 27.1. The van der Waals surface area contributed by atoms with Crippen molar-refractivity contribution in [2.45, 2.75) is 108 Å². The van der Waals surface area contributed by atoms with Gasteiger partial charge < -0.3 is 30.8 Å². The highest BCUT2D eigenvalue weighted by Gasteiger charge is 2.33. The second kappa shape index (κ2) is 16.3. The molecule has 2 aromatic heterocycles. The first-order valence-corrected chi connectivity index (χ1v) is 16.0. The normalized spacial score (nSPS) is 16.5. The van der Waals surface area contributed by atoms with Crippen LogP contribution in [0.1, 0.15) is 76.4 Å². The van der Waals surface area contributed by atoms with Crippen LogP contribution in [0.2, 0.25) is 0 Å². The maximum Gasteiger partial charge on any atom is 0.408 e. The molecule has 14 nitrogen and oxygen atoms in total. The highest BCUT2D eigenvalue weighted by Crippen LogP contribution is 2.28. The van der Waals surface area contributed by atoms with Gasteiger partial charge in [-0.05, 0) is 49.1 Å². The average Bonchev–Trinajstić information content (AvgIpc) is 3.67. The molecule has 250 valence electrons. The van der Waals surface area contributed by atoms with Gasteiger partial charge in [0, 0.05) is 38.2 Å². The Morgan fingerprint density at radius 3 is 2.33 bits per heavy atom. The van der Waals surface area contributed by atoms with E-state index in [-0.39, 0.29) is 19.3 Å². The van der Waals surface area contributed by atoms with Gasteiger partial charge in [-0.3, -0.25) is 9.59 Å². The number of benzene rings is 1. The predicted octanol–water partition coefficient (Wildman–Crippen LogP) is 2.16. The molecule has 2 heterocycles. The van der Waals surface area contributed by atoms with Gasteiger partial charge in [0.1, 0.15) is 17.7 Å². The highest BCUT2D eigenvalue weighted by molar-refractivity contribution is 5.91. The third-order valence-electron chi connectivity index (χ3n) is 8.11. The van der Waals surface area contributed by atoms with E-state index in [2.05, 4.69) is 41.4 Å². The zero-order valence-corrected chi connectivity index (χ0v) is 27.1. The van der Waals surface area contributed by atoms with Gasteiger partial charge in [-0.15, -0.1) is 5.10 Å². The number of tetrazole rings is 1. The van der Waals surface area contributed by atoms with E-state index in [0.29, 0.717) is 23.9 Å². The molecule has 5 N–H and O–H groups in total. The number of aliphatic hydroxyl groups excluding tert-OH is 1. The van der Waals surface area contributed by atoms with Gasteiger partial charge in [0.2, 0.25) is 11.8 Å². The smallest absolute Gasteiger partial charge is 0.408 e. The molecule has 1 aromatic carbocycles. The number of alkyl carbamates (subject to hydrolysis) is 1. The van der Waals surface area contributed by atoms with E-state index in [4.69, 9.17) is 4.74 Å². The average molecular weight is 638 g/mol. The monoisotopic (exact) mass is 637 g/mol. The summed E-state index contributed by atoms with van der Waals surface area (Å²) in [6.45, 7) is 5.22. The molecule has 1 fully saturated rings. The zero-order chi connectivity index (χ0) is 33.1.